The number of hydrogen-bond donors (Lipinski definition) is 4. The highest BCUT2D eigenvalue weighted by Gasteiger charge is 2.39. The van der Waals surface area contributed by atoms with Gasteiger partial charge in [0, 0.05) is 50.2 Å². The van der Waals surface area contributed by atoms with E-state index in [2.05, 4.69) is 39.6 Å². The smallest absolute Gasteiger partial charge is 0.301 e. The molecule has 3 fully saturated rings. The van der Waals surface area contributed by atoms with Crippen molar-refractivity contribution in [3.63, 3.8) is 0 Å². The lowest BCUT2D eigenvalue weighted by Gasteiger charge is -2.27. The lowest BCUT2D eigenvalue weighted by molar-refractivity contribution is 0.339. The molecular formula is C25H35N5O2S. The molecule has 1 heterocycles. The molecule has 0 radical (unpaired) electrons. The van der Waals surface area contributed by atoms with Crippen molar-refractivity contribution in [2.24, 2.45) is 5.73 Å². The highest BCUT2D eigenvalue weighted by atomic mass is 32.2. The topological polar surface area (TPSA) is 99.5 Å². The summed E-state index contributed by atoms with van der Waals surface area (Å²) in [6, 6.07) is 17.9. The van der Waals surface area contributed by atoms with E-state index in [4.69, 9.17) is 5.73 Å². The molecule has 2 aliphatic carbocycles. The minimum absolute atomic E-state index is 0.390. The molecule has 5 rings (SSSR count). The van der Waals surface area contributed by atoms with Crippen molar-refractivity contribution in [3.8, 4) is 11.1 Å². The summed E-state index contributed by atoms with van der Waals surface area (Å²) in [5.41, 5.74) is 10.1. The molecular weight excluding hydrogens is 434 g/mol. The Labute approximate surface area is 197 Å². The van der Waals surface area contributed by atoms with Gasteiger partial charge in [-0.1, -0.05) is 36.4 Å². The second kappa shape index (κ2) is 9.72. The minimum Gasteiger partial charge on any atom is -0.328 e. The molecule has 2 aromatic rings. The van der Waals surface area contributed by atoms with E-state index in [0.29, 0.717) is 55.9 Å². The van der Waals surface area contributed by atoms with Crippen molar-refractivity contribution in [2.45, 2.75) is 56.1 Å². The molecule has 1 aliphatic heterocycles. The van der Waals surface area contributed by atoms with E-state index in [9.17, 15) is 8.42 Å². The Morgan fingerprint density at radius 2 is 1.67 bits per heavy atom. The fraction of sp³-hybridized carbons (Fsp3) is 0.520. The largest absolute Gasteiger partial charge is 0.328 e. The predicted octanol–water partition coefficient (Wildman–Crippen LogP) is 2.63. The Morgan fingerprint density at radius 1 is 0.939 bits per heavy atom. The number of piperazine rings is 1. The molecule has 0 aromatic heterocycles. The lowest BCUT2D eigenvalue weighted by atomic mass is 9.92. The van der Waals surface area contributed by atoms with Crippen molar-refractivity contribution in [3.05, 3.63) is 54.1 Å². The molecule has 1 saturated heterocycles. The van der Waals surface area contributed by atoms with E-state index in [0.717, 1.165) is 24.0 Å². The van der Waals surface area contributed by atoms with Gasteiger partial charge in [-0.05, 0) is 60.9 Å². The van der Waals surface area contributed by atoms with Crippen LogP contribution in [0.3, 0.4) is 0 Å². The van der Waals surface area contributed by atoms with Gasteiger partial charge in [0.25, 0.3) is 0 Å². The standard InChI is InChI=1S/C25H35N5O2S/c26-21-8-10-22(11-9-21)28-25-17-24(25)19-6-4-18(5-7-19)20-2-1-3-23(16-20)29-33(31,32)30-14-12-27-13-15-30/h1-7,16,21-22,24-25,27-29H,8-15,17,26H2/t21?,22?,24-,25?/m1/s1. The van der Waals surface area contributed by atoms with E-state index in [-0.39, 0.29) is 0 Å². The van der Waals surface area contributed by atoms with Gasteiger partial charge in [0.15, 0.2) is 0 Å². The number of hydrogen-bond acceptors (Lipinski definition) is 5. The molecule has 33 heavy (non-hydrogen) atoms. The maximum absolute atomic E-state index is 12.7. The second-order valence-corrected chi connectivity index (χ2v) is 11.4. The van der Waals surface area contributed by atoms with Gasteiger partial charge in [-0.15, -0.1) is 0 Å². The van der Waals surface area contributed by atoms with Gasteiger partial charge < -0.3 is 16.4 Å². The van der Waals surface area contributed by atoms with Crippen LogP contribution >= 0.6 is 0 Å². The minimum atomic E-state index is -3.54. The van der Waals surface area contributed by atoms with E-state index < -0.39 is 10.2 Å². The first-order chi connectivity index (χ1) is 16.0. The normalized spacial score (nSPS) is 28.4. The molecule has 0 bridgehead atoms. The highest BCUT2D eigenvalue weighted by molar-refractivity contribution is 7.90. The van der Waals surface area contributed by atoms with E-state index in [1.165, 1.54) is 29.1 Å². The number of nitrogens with two attached hydrogens (primary N) is 1. The van der Waals surface area contributed by atoms with Crippen LogP contribution in [0.2, 0.25) is 0 Å². The van der Waals surface area contributed by atoms with Crippen LogP contribution in [0.4, 0.5) is 5.69 Å². The Bertz CT molecular complexity index is 1040. The lowest BCUT2D eigenvalue weighted by Crippen LogP contribution is -2.48. The van der Waals surface area contributed by atoms with Crippen LogP contribution < -0.4 is 21.1 Å². The molecule has 3 aliphatic rings. The van der Waals surface area contributed by atoms with Crippen LogP contribution in [0.1, 0.15) is 43.6 Å². The first kappa shape index (κ1) is 22.8. The molecule has 5 N–H and O–H groups in total. The van der Waals surface area contributed by atoms with Gasteiger partial charge in [0.05, 0.1) is 5.69 Å². The third kappa shape index (κ3) is 5.58. The number of nitrogens with zero attached hydrogens (tertiary/aromatic N) is 1. The van der Waals surface area contributed by atoms with Crippen molar-refractivity contribution in [1.82, 2.24) is 14.9 Å². The fourth-order valence-corrected chi connectivity index (χ4v) is 6.34. The Kier molecular flexibility index (Phi) is 6.72. The Morgan fingerprint density at radius 3 is 2.39 bits per heavy atom. The van der Waals surface area contributed by atoms with Crippen LogP contribution in [0, 0.1) is 0 Å². The number of benzene rings is 2. The highest BCUT2D eigenvalue weighted by Crippen LogP contribution is 2.42. The van der Waals surface area contributed by atoms with Crippen molar-refractivity contribution in [2.75, 3.05) is 30.9 Å². The molecule has 1 unspecified atom stereocenters. The van der Waals surface area contributed by atoms with Crippen LogP contribution in [0.15, 0.2) is 48.5 Å². The predicted molar refractivity (Wildman–Crippen MR) is 133 cm³/mol. The van der Waals surface area contributed by atoms with Crippen LogP contribution in [-0.2, 0) is 10.2 Å². The summed E-state index contributed by atoms with van der Waals surface area (Å²) in [6.45, 7) is 2.34. The molecule has 2 saturated carbocycles. The van der Waals surface area contributed by atoms with Crippen molar-refractivity contribution < 1.29 is 8.42 Å². The Hall–Kier alpha value is -1.97. The van der Waals surface area contributed by atoms with Crippen LogP contribution in [0.25, 0.3) is 11.1 Å². The van der Waals surface area contributed by atoms with Gasteiger partial charge in [-0.3, -0.25) is 4.72 Å². The molecule has 7 nitrogen and oxygen atoms in total. The summed E-state index contributed by atoms with van der Waals surface area (Å²) in [7, 11) is -3.54. The molecule has 8 heteroatoms. The molecule has 2 atom stereocenters. The first-order valence-electron chi connectivity index (χ1n) is 12.2. The van der Waals surface area contributed by atoms with Crippen LogP contribution in [-0.4, -0.2) is 57.0 Å². The summed E-state index contributed by atoms with van der Waals surface area (Å²) >= 11 is 0. The van der Waals surface area contributed by atoms with Gasteiger partial charge in [-0.25, -0.2) is 0 Å². The molecule has 2 aromatic carbocycles. The molecule has 178 valence electrons. The molecule has 0 amide bonds. The van der Waals surface area contributed by atoms with Gasteiger partial charge >= 0.3 is 10.2 Å². The monoisotopic (exact) mass is 469 g/mol. The van der Waals surface area contributed by atoms with Gasteiger partial charge in [0.2, 0.25) is 0 Å². The summed E-state index contributed by atoms with van der Waals surface area (Å²) in [6.07, 6.45) is 5.85. The second-order valence-electron chi connectivity index (χ2n) is 9.69. The third-order valence-corrected chi connectivity index (χ3v) is 8.75. The number of anilines is 1. The van der Waals surface area contributed by atoms with Crippen molar-refractivity contribution >= 4 is 15.9 Å². The van der Waals surface area contributed by atoms with Crippen LogP contribution in [0.5, 0.6) is 0 Å². The van der Waals surface area contributed by atoms with Gasteiger partial charge in [0.1, 0.15) is 0 Å². The molecule has 0 spiro atoms. The summed E-state index contributed by atoms with van der Waals surface area (Å²) in [5, 5.41) is 7.02. The number of rotatable bonds is 7. The summed E-state index contributed by atoms with van der Waals surface area (Å²) in [4.78, 5) is 0. The number of nitrogens with one attached hydrogen (secondary N) is 3. The summed E-state index contributed by atoms with van der Waals surface area (Å²) < 4.78 is 29.6. The fourth-order valence-electron chi connectivity index (χ4n) is 5.12. The van der Waals surface area contributed by atoms with E-state index in [1.807, 2.05) is 18.2 Å². The maximum atomic E-state index is 12.7. The average molecular weight is 470 g/mol. The summed E-state index contributed by atoms with van der Waals surface area (Å²) in [5.74, 6) is 0.590. The quantitative estimate of drug-likeness (QED) is 0.500. The van der Waals surface area contributed by atoms with Crippen molar-refractivity contribution in [1.29, 1.82) is 0 Å². The zero-order chi connectivity index (χ0) is 22.8. The zero-order valence-corrected chi connectivity index (χ0v) is 19.9. The van der Waals surface area contributed by atoms with Gasteiger partial charge in [-0.2, -0.15) is 12.7 Å². The maximum Gasteiger partial charge on any atom is 0.301 e. The SMILES string of the molecule is NC1CCC(NC2C[C@@H]2c2ccc(-c3cccc(NS(=O)(=O)N4CCNCC4)c3)cc2)CC1. The Balaban J connectivity index is 1.20. The third-order valence-electron chi connectivity index (χ3n) is 7.21. The van der Waals surface area contributed by atoms with E-state index in [1.54, 1.807) is 6.07 Å². The zero-order valence-electron chi connectivity index (χ0n) is 19.0. The average Bonchev–Trinajstić information content (AvgIpc) is 3.60. The van der Waals surface area contributed by atoms with E-state index >= 15 is 0 Å². The first-order valence-corrected chi connectivity index (χ1v) is 13.6.